The Balaban J connectivity index is 1.48. The summed E-state index contributed by atoms with van der Waals surface area (Å²) < 4.78 is 34.6. The highest BCUT2D eigenvalue weighted by atomic mass is 28.4. The van der Waals surface area contributed by atoms with Gasteiger partial charge in [0.25, 0.3) is 0 Å². The summed E-state index contributed by atoms with van der Waals surface area (Å²) in [4.78, 5) is 4.64. The lowest BCUT2D eigenvalue weighted by atomic mass is 9.99. The summed E-state index contributed by atoms with van der Waals surface area (Å²) in [5.41, 5.74) is 3.81. The van der Waals surface area contributed by atoms with Gasteiger partial charge in [-0.05, 0) is 71.9 Å². The third kappa shape index (κ3) is 4.93. The zero-order valence-electron chi connectivity index (χ0n) is 20.0. The van der Waals surface area contributed by atoms with Crippen molar-refractivity contribution in [1.82, 2.24) is 0 Å². The molecule has 5 heteroatoms. The molecule has 1 aliphatic rings. The van der Waals surface area contributed by atoms with Crippen LogP contribution >= 0.6 is 0 Å². The van der Waals surface area contributed by atoms with Crippen LogP contribution in [0.15, 0.2) is 71.7 Å². The fourth-order valence-corrected chi connectivity index (χ4v) is 4.89. The van der Waals surface area contributed by atoms with Gasteiger partial charge in [0, 0.05) is 5.71 Å². The van der Waals surface area contributed by atoms with Crippen LogP contribution < -0.4 is 4.43 Å². The lowest BCUT2D eigenvalue weighted by molar-refractivity contribution is 0.492. The number of aliphatic imine (C=N–C) groups is 1. The number of rotatable bonds is 5. The Labute approximate surface area is 196 Å². The van der Waals surface area contributed by atoms with Gasteiger partial charge in [0.15, 0.2) is 0 Å². The molecule has 1 atom stereocenters. The van der Waals surface area contributed by atoms with Crippen LogP contribution in [0.3, 0.4) is 0 Å². The molecule has 0 amide bonds. The molecular weight excluding hydrogens is 432 g/mol. The standard InChI is InChI=1S/C28H31F2NOSi/c1-28(2,3)33(4,5)32-22-15-13-20(14-16-22)19-9-11-21(12-10-19)25-17-18-26(31-25)27-23(29)7-6-8-24(27)30/h6-16,25H,17-18H2,1-5H3/t25-/m1/s1. The van der Waals surface area contributed by atoms with E-state index in [9.17, 15) is 8.78 Å². The maximum Gasteiger partial charge on any atom is 0.250 e. The average molecular weight is 464 g/mol. The van der Waals surface area contributed by atoms with Gasteiger partial charge in [-0.15, -0.1) is 0 Å². The van der Waals surface area contributed by atoms with Crippen molar-refractivity contribution in [3.05, 3.63) is 89.5 Å². The Bertz CT molecular complexity index is 1140. The van der Waals surface area contributed by atoms with Crippen molar-refractivity contribution in [2.45, 2.75) is 57.8 Å². The van der Waals surface area contributed by atoms with E-state index in [0.717, 1.165) is 28.9 Å². The zero-order valence-corrected chi connectivity index (χ0v) is 21.0. The minimum atomic E-state index is -1.86. The first-order valence-electron chi connectivity index (χ1n) is 11.5. The van der Waals surface area contributed by atoms with Gasteiger partial charge in [0.1, 0.15) is 17.4 Å². The summed E-state index contributed by atoms with van der Waals surface area (Å²) in [6, 6.07) is 20.4. The molecule has 3 aromatic rings. The van der Waals surface area contributed by atoms with Crippen LogP contribution in [-0.2, 0) is 0 Å². The highest BCUT2D eigenvalue weighted by Gasteiger charge is 2.38. The molecule has 172 valence electrons. The van der Waals surface area contributed by atoms with Crippen molar-refractivity contribution < 1.29 is 13.2 Å². The Morgan fingerprint density at radius 2 is 1.39 bits per heavy atom. The van der Waals surface area contributed by atoms with E-state index in [1.807, 2.05) is 12.1 Å². The number of hydrogen-bond donors (Lipinski definition) is 0. The first-order valence-corrected chi connectivity index (χ1v) is 14.4. The van der Waals surface area contributed by atoms with Crippen molar-refractivity contribution in [3.8, 4) is 16.9 Å². The average Bonchev–Trinajstić information content (AvgIpc) is 3.23. The molecule has 0 radical (unpaired) electrons. The number of benzene rings is 3. The van der Waals surface area contributed by atoms with E-state index < -0.39 is 20.0 Å². The molecule has 1 aliphatic heterocycles. The van der Waals surface area contributed by atoms with Crippen molar-refractivity contribution in [2.75, 3.05) is 0 Å². The predicted octanol–water partition coefficient (Wildman–Crippen LogP) is 8.34. The van der Waals surface area contributed by atoms with Crippen LogP contribution in [0.25, 0.3) is 11.1 Å². The molecule has 0 aliphatic carbocycles. The summed E-state index contributed by atoms with van der Waals surface area (Å²) in [7, 11) is -1.86. The van der Waals surface area contributed by atoms with E-state index in [-0.39, 0.29) is 16.6 Å². The molecule has 0 unspecified atom stereocenters. The van der Waals surface area contributed by atoms with Crippen LogP contribution in [0.2, 0.25) is 18.1 Å². The van der Waals surface area contributed by atoms with Gasteiger partial charge in [-0.1, -0.05) is 63.2 Å². The van der Waals surface area contributed by atoms with E-state index in [1.54, 1.807) is 0 Å². The van der Waals surface area contributed by atoms with Crippen molar-refractivity contribution in [3.63, 3.8) is 0 Å². The van der Waals surface area contributed by atoms with Gasteiger partial charge in [-0.3, -0.25) is 4.99 Å². The second-order valence-electron chi connectivity index (χ2n) is 10.2. The Morgan fingerprint density at radius 1 is 0.848 bits per heavy atom. The van der Waals surface area contributed by atoms with Crippen molar-refractivity contribution >= 4 is 14.0 Å². The van der Waals surface area contributed by atoms with Crippen LogP contribution in [0.4, 0.5) is 8.78 Å². The molecule has 4 rings (SSSR count). The van der Waals surface area contributed by atoms with E-state index in [2.05, 4.69) is 75.3 Å². The van der Waals surface area contributed by atoms with E-state index in [4.69, 9.17) is 4.43 Å². The number of nitrogens with zero attached hydrogens (tertiary/aromatic N) is 1. The van der Waals surface area contributed by atoms with Gasteiger partial charge in [0.05, 0.1) is 11.6 Å². The third-order valence-corrected chi connectivity index (χ3v) is 11.2. The molecule has 0 bridgehead atoms. The van der Waals surface area contributed by atoms with Gasteiger partial charge in [-0.25, -0.2) is 8.78 Å². The third-order valence-electron chi connectivity index (χ3n) is 6.88. The Hall–Kier alpha value is -2.79. The zero-order chi connectivity index (χ0) is 23.8. The normalized spacial score (nSPS) is 16.6. The molecule has 1 heterocycles. The number of halogens is 2. The molecule has 3 aromatic carbocycles. The minimum absolute atomic E-state index is 0.0108. The monoisotopic (exact) mass is 463 g/mol. The Kier molecular flexibility index (Phi) is 6.28. The first kappa shape index (κ1) is 23.4. The molecule has 0 saturated heterocycles. The molecule has 0 N–H and O–H groups in total. The van der Waals surface area contributed by atoms with E-state index >= 15 is 0 Å². The fraction of sp³-hybridized carbons (Fsp3) is 0.321. The smallest absolute Gasteiger partial charge is 0.250 e. The van der Waals surface area contributed by atoms with Gasteiger partial charge in [-0.2, -0.15) is 0 Å². The molecular formula is C28H31F2NOSi. The summed E-state index contributed by atoms with van der Waals surface area (Å²) in [5.74, 6) is -0.188. The van der Waals surface area contributed by atoms with Gasteiger partial charge >= 0.3 is 0 Å². The fourth-order valence-electron chi connectivity index (χ4n) is 3.86. The maximum atomic E-state index is 14.1. The highest BCUT2D eigenvalue weighted by Crippen LogP contribution is 2.38. The van der Waals surface area contributed by atoms with Crippen LogP contribution in [0, 0.1) is 11.6 Å². The second-order valence-corrected chi connectivity index (χ2v) is 15.0. The predicted molar refractivity (Wildman–Crippen MR) is 135 cm³/mol. The molecule has 0 saturated carbocycles. The highest BCUT2D eigenvalue weighted by molar-refractivity contribution is 6.74. The SMILES string of the molecule is CC(C)(C)[Si](C)(C)Oc1ccc(-c2ccc([C@H]3CCC(c4c(F)cccc4F)=N3)cc2)cc1. The van der Waals surface area contributed by atoms with Crippen LogP contribution in [0.1, 0.15) is 50.8 Å². The van der Waals surface area contributed by atoms with Crippen LogP contribution in [-0.4, -0.2) is 14.0 Å². The van der Waals surface area contributed by atoms with Gasteiger partial charge in [0.2, 0.25) is 8.32 Å². The van der Waals surface area contributed by atoms with Crippen molar-refractivity contribution in [1.29, 1.82) is 0 Å². The molecule has 0 fully saturated rings. The largest absolute Gasteiger partial charge is 0.544 e. The molecule has 2 nitrogen and oxygen atoms in total. The lowest BCUT2D eigenvalue weighted by Crippen LogP contribution is -2.43. The van der Waals surface area contributed by atoms with E-state index in [0.29, 0.717) is 12.1 Å². The minimum Gasteiger partial charge on any atom is -0.544 e. The number of hydrogen-bond acceptors (Lipinski definition) is 2. The summed E-state index contributed by atoms with van der Waals surface area (Å²) in [6.45, 7) is 11.2. The summed E-state index contributed by atoms with van der Waals surface area (Å²) >= 11 is 0. The molecule has 0 spiro atoms. The molecule has 0 aromatic heterocycles. The second kappa shape index (κ2) is 8.86. The summed E-state index contributed by atoms with van der Waals surface area (Å²) in [6.07, 6.45) is 1.32. The van der Waals surface area contributed by atoms with Gasteiger partial charge < -0.3 is 4.43 Å². The Morgan fingerprint density at radius 3 is 1.94 bits per heavy atom. The van der Waals surface area contributed by atoms with E-state index in [1.165, 1.54) is 18.2 Å². The topological polar surface area (TPSA) is 21.6 Å². The van der Waals surface area contributed by atoms with Crippen LogP contribution in [0.5, 0.6) is 5.75 Å². The maximum absolute atomic E-state index is 14.1. The lowest BCUT2D eigenvalue weighted by Gasteiger charge is -2.36. The molecule has 33 heavy (non-hydrogen) atoms. The summed E-state index contributed by atoms with van der Waals surface area (Å²) in [5, 5.41) is 0.155. The first-order chi connectivity index (χ1) is 15.5. The quantitative estimate of drug-likeness (QED) is 0.348. The van der Waals surface area contributed by atoms with Crippen molar-refractivity contribution in [2.24, 2.45) is 4.99 Å².